The Morgan fingerprint density at radius 2 is 1.79 bits per heavy atom. The van der Waals surface area contributed by atoms with Gasteiger partial charge in [0.15, 0.2) is 0 Å². The fourth-order valence-electron chi connectivity index (χ4n) is 2.83. The van der Waals surface area contributed by atoms with Crippen LogP contribution in [0, 0.1) is 10.1 Å². The van der Waals surface area contributed by atoms with Crippen LogP contribution < -0.4 is 0 Å². The second-order valence-corrected chi connectivity index (χ2v) is 7.40. The first kappa shape index (κ1) is 19.8. The van der Waals surface area contributed by atoms with Crippen LogP contribution in [0.15, 0.2) is 30.4 Å². The minimum absolute atomic E-state index is 0.0778. The normalized spacial score (nSPS) is 14.6. The Morgan fingerprint density at radius 1 is 1.14 bits per heavy atom. The number of rotatable bonds is 4. The number of carboxylic acids is 1. The molecular weight excluding hydrogens is 410 g/mol. The van der Waals surface area contributed by atoms with Gasteiger partial charge in [-0.05, 0) is 6.07 Å². The Kier molecular flexibility index (Phi) is 5.61. The van der Waals surface area contributed by atoms with Crippen molar-refractivity contribution < 1.29 is 24.4 Å². The van der Waals surface area contributed by atoms with Crippen molar-refractivity contribution >= 4 is 56.5 Å². The molecule has 146 valence electrons. The molecule has 1 aromatic carbocycles. The molecule has 1 N–H and O–H groups in total. The lowest BCUT2D eigenvalue weighted by Gasteiger charge is -2.34. The summed E-state index contributed by atoms with van der Waals surface area (Å²) in [6, 6.07) is 4.24. The summed E-state index contributed by atoms with van der Waals surface area (Å²) in [5, 5.41) is 20.3. The lowest BCUT2D eigenvalue weighted by atomic mass is 10.2. The standard InChI is InChI=1S/C17H14ClN3O6S/c18-15-11-2-1-10(21(26)27)9-12(11)28-16(15)17(25)20-7-5-19(6-8-20)13(22)3-4-14(23)24/h1-4,9H,5-8H2,(H,23,24)/b4-3+. The number of carbonyl (C=O) groups excluding carboxylic acids is 2. The quantitative estimate of drug-likeness (QED) is 0.458. The zero-order valence-corrected chi connectivity index (χ0v) is 15.9. The van der Waals surface area contributed by atoms with Crippen LogP contribution in [0.4, 0.5) is 5.69 Å². The van der Waals surface area contributed by atoms with Gasteiger partial charge in [0.2, 0.25) is 5.91 Å². The summed E-state index contributed by atoms with van der Waals surface area (Å²) in [4.78, 5) is 48.9. The highest BCUT2D eigenvalue weighted by Gasteiger charge is 2.27. The highest BCUT2D eigenvalue weighted by Crippen LogP contribution is 2.37. The van der Waals surface area contributed by atoms with E-state index < -0.39 is 16.8 Å². The van der Waals surface area contributed by atoms with Crippen molar-refractivity contribution in [2.75, 3.05) is 26.2 Å². The van der Waals surface area contributed by atoms with Gasteiger partial charge in [-0.1, -0.05) is 11.6 Å². The van der Waals surface area contributed by atoms with Gasteiger partial charge in [0.1, 0.15) is 4.88 Å². The zero-order chi connectivity index (χ0) is 20.4. The number of amides is 2. The molecule has 1 aliphatic rings. The second kappa shape index (κ2) is 7.95. The number of non-ortho nitro benzene ring substituents is 1. The Morgan fingerprint density at radius 3 is 2.39 bits per heavy atom. The summed E-state index contributed by atoms with van der Waals surface area (Å²) in [6.45, 7) is 1.08. The number of thiophene rings is 1. The average molecular weight is 424 g/mol. The van der Waals surface area contributed by atoms with Crippen molar-refractivity contribution in [1.82, 2.24) is 9.80 Å². The highest BCUT2D eigenvalue weighted by atomic mass is 35.5. The Balaban J connectivity index is 1.73. The van der Waals surface area contributed by atoms with Gasteiger partial charge in [-0.15, -0.1) is 11.3 Å². The summed E-state index contributed by atoms with van der Waals surface area (Å²) in [5.74, 6) is -1.94. The van der Waals surface area contributed by atoms with Gasteiger partial charge in [0.25, 0.3) is 11.6 Å². The van der Waals surface area contributed by atoms with Crippen LogP contribution in [0.25, 0.3) is 10.1 Å². The van der Waals surface area contributed by atoms with Crippen LogP contribution in [0.3, 0.4) is 0 Å². The SMILES string of the molecule is O=C(O)/C=C/C(=O)N1CCN(C(=O)c2sc3cc([N+](=O)[O-])ccc3c2Cl)CC1. The average Bonchev–Trinajstić information content (AvgIpc) is 3.01. The number of aliphatic carboxylic acids is 1. The number of carboxylic acid groups (broad SMARTS) is 1. The Labute approximate surface area is 167 Å². The summed E-state index contributed by atoms with van der Waals surface area (Å²) < 4.78 is 0.551. The number of nitro benzene ring substituents is 1. The molecule has 0 spiro atoms. The van der Waals surface area contributed by atoms with Crippen LogP contribution in [0.2, 0.25) is 5.02 Å². The highest BCUT2D eigenvalue weighted by molar-refractivity contribution is 7.21. The van der Waals surface area contributed by atoms with Crippen molar-refractivity contribution in [3.05, 3.63) is 50.4 Å². The van der Waals surface area contributed by atoms with Gasteiger partial charge >= 0.3 is 5.97 Å². The van der Waals surface area contributed by atoms with Gasteiger partial charge in [-0.3, -0.25) is 19.7 Å². The molecule has 9 nitrogen and oxygen atoms in total. The maximum absolute atomic E-state index is 12.8. The number of fused-ring (bicyclic) bond motifs is 1. The molecule has 0 bridgehead atoms. The fourth-order valence-corrected chi connectivity index (χ4v) is 4.34. The Hall–Kier alpha value is -2.98. The van der Waals surface area contributed by atoms with Crippen LogP contribution in [-0.4, -0.2) is 63.8 Å². The van der Waals surface area contributed by atoms with Crippen LogP contribution >= 0.6 is 22.9 Å². The Bertz CT molecular complexity index is 1010. The molecule has 28 heavy (non-hydrogen) atoms. The van der Waals surface area contributed by atoms with Crippen molar-refractivity contribution in [1.29, 1.82) is 0 Å². The number of nitrogens with zero attached hydrogens (tertiary/aromatic N) is 3. The van der Waals surface area contributed by atoms with Gasteiger partial charge in [0.05, 0.1) is 9.95 Å². The van der Waals surface area contributed by atoms with E-state index in [1.807, 2.05) is 0 Å². The van der Waals surface area contributed by atoms with Crippen molar-refractivity contribution in [2.24, 2.45) is 0 Å². The van der Waals surface area contributed by atoms with Crippen LogP contribution in [0.5, 0.6) is 0 Å². The smallest absolute Gasteiger partial charge is 0.328 e. The molecular formula is C17H14ClN3O6S. The topological polar surface area (TPSA) is 121 Å². The molecule has 1 aromatic heterocycles. The summed E-state index contributed by atoms with van der Waals surface area (Å²) in [5.41, 5.74) is -0.0778. The first-order chi connectivity index (χ1) is 13.3. The molecule has 0 radical (unpaired) electrons. The predicted octanol–water partition coefficient (Wildman–Crippen LogP) is 2.39. The molecule has 2 amide bonds. The van der Waals surface area contributed by atoms with Gasteiger partial charge in [-0.25, -0.2) is 4.79 Å². The molecule has 0 unspecified atom stereocenters. The molecule has 1 fully saturated rings. The molecule has 2 heterocycles. The monoisotopic (exact) mass is 423 g/mol. The number of hydrogen-bond acceptors (Lipinski definition) is 6. The number of piperazine rings is 1. The molecule has 0 saturated carbocycles. The van der Waals surface area contributed by atoms with E-state index in [0.29, 0.717) is 15.0 Å². The van der Waals surface area contributed by atoms with Gasteiger partial charge < -0.3 is 14.9 Å². The number of benzene rings is 1. The lowest BCUT2D eigenvalue weighted by Crippen LogP contribution is -2.50. The van der Waals surface area contributed by atoms with E-state index in [1.165, 1.54) is 23.1 Å². The molecule has 11 heteroatoms. The zero-order valence-electron chi connectivity index (χ0n) is 14.3. The van der Waals surface area contributed by atoms with E-state index in [9.17, 15) is 24.5 Å². The molecule has 2 aromatic rings. The molecule has 1 aliphatic heterocycles. The van der Waals surface area contributed by atoms with Crippen molar-refractivity contribution in [2.45, 2.75) is 0 Å². The van der Waals surface area contributed by atoms with Gasteiger partial charge in [-0.2, -0.15) is 0 Å². The first-order valence-electron chi connectivity index (χ1n) is 8.13. The summed E-state index contributed by atoms with van der Waals surface area (Å²) in [6.07, 6.45) is 1.76. The number of carbonyl (C=O) groups is 3. The van der Waals surface area contributed by atoms with E-state index in [1.54, 1.807) is 4.90 Å². The van der Waals surface area contributed by atoms with Crippen LogP contribution in [-0.2, 0) is 9.59 Å². The van der Waals surface area contributed by atoms with Crippen molar-refractivity contribution in [3.63, 3.8) is 0 Å². The first-order valence-corrected chi connectivity index (χ1v) is 9.33. The number of halogens is 1. The number of nitro groups is 1. The van der Waals surface area contributed by atoms with Crippen molar-refractivity contribution in [3.8, 4) is 0 Å². The van der Waals surface area contributed by atoms with E-state index in [2.05, 4.69) is 0 Å². The van der Waals surface area contributed by atoms with Gasteiger partial charge in [0, 0.05) is 60.5 Å². The van der Waals surface area contributed by atoms with E-state index >= 15 is 0 Å². The third kappa shape index (κ3) is 3.97. The third-order valence-electron chi connectivity index (χ3n) is 4.27. The lowest BCUT2D eigenvalue weighted by molar-refractivity contribution is -0.384. The summed E-state index contributed by atoms with van der Waals surface area (Å²) >= 11 is 7.41. The summed E-state index contributed by atoms with van der Waals surface area (Å²) in [7, 11) is 0. The minimum atomic E-state index is -1.21. The largest absolute Gasteiger partial charge is 0.478 e. The predicted molar refractivity (Wildman–Crippen MR) is 103 cm³/mol. The minimum Gasteiger partial charge on any atom is -0.478 e. The van der Waals surface area contributed by atoms with Crippen LogP contribution in [0.1, 0.15) is 9.67 Å². The van der Waals surface area contributed by atoms with E-state index in [4.69, 9.17) is 16.7 Å². The fraction of sp³-hybridized carbons (Fsp3) is 0.235. The molecule has 1 saturated heterocycles. The molecule has 3 rings (SSSR count). The third-order valence-corrected chi connectivity index (χ3v) is 5.91. The maximum atomic E-state index is 12.8. The maximum Gasteiger partial charge on any atom is 0.328 e. The van der Waals surface area contributed by atoms with E-state index in [-0.39, 0.29) is 42.8 Å². The molecule has 0 atom stereocenters. The van der Waals surface area contributed by atoms with E-state index in [0.717, 1.165) is 23.5 Å². The molecule has 0 aliphatic carbocycles. The number of hydrogen-bond donors (Lipinski definition) is 1. The second-order valence-electron chi connectivity index (χ2n) is 5.97.